The Morgan fingerprint density at radius 3 is 2.67 bits per heavy atom. The van der Waals surface area contributed by atoms with Crippen LogP contribution >= 0.6 is 0 Å². The number of fused-ring (bicyclic) bond motifs is 1. The molecule has 0 bridgehead atoms. The zero-order chi connectivity index (χ0) is 14.8. The number of nitrogens with one attached hydrogen (secondary N) is 2. The molecule has 5 nitrogen and oxygen atoms in total. The fourth-order valence-corrected chi connectivity index (χ4v) is 3.83. The first kappa shape index (κ1) is 14.6. The van der Waals surface area contributed by atoms with Gasteiger partial charge in [0.1, 0.15) is 0 Å². The highest BCUT2D eigenvalue weighted by molar-refractivity contribution is 5.93. The molecule has 21 heavy (non-hydrogen) atoms. The molecule has 2 N–H and O–H groups in total. The molecule has 0 spiro atoms. The van der Waals surface area contributed by atoms with Crippen molar-refractivity contribution in [3.8, 4) is 0 Å². The molecule has 0 aliphatic heterocycles. The van der Waals surface area contributed by atoms with Crippen LogP contribution in [0.5, 0.6) is 0 Å². The van der Waals surface area contributed by atoms with Gasteiger partial charge >= 0.3 is 0 Å². The van der Waals surface area contributed by atoms with Crippen molar-refractivity contribution < 1.29 is 4.79 Å². The summed E-state index contributed by atoms with van der Waals surface area (Å²) in [6.45, 7) is 0. The molecule has 0 aromatic carbocycles. The topological polar surface area (TPSA) is 59.0 Å². The lowest BCUT2D eigenvalue weighted by atomic mass is 9.88. The summed E-state index contributed by atoms with van der Waals surface area (Å²) in [6.07, 6.45) is 9.80. The van der Waals surface area contributed by atoms with Crippen molar-refractivity contribution in [1.82, 2.24) is 20.4 Å². The van der Waals surface area contributed by atoms with Gasteiger partial charge in [-0.25, -0.2) is 0 Å². The second-order valence-electron chi connectivity index (χ2n) is 6.42. The van der Waals surface area contributed by atoms with Crippen LogP contribution in [0.3, 0.4) is 0 Å². The minimum atomic E-state index is -0.0647. The lowest BCUT2D eigenvalue weighted by Gasteiger charge is -2.31. The summed E-state index contributed by atoms with van der Waals surface area (Å²) in [7, 11) is 3.62. The summed E-state index contributed by atoms with van der Waals surface area (Å²) >= 11 is 0. The van der Waals surface area contributed by atoms with Crippen LogP contribution in [0, 0.1) is 0 Å². The number of hydrogen-bond donors (Lipinski definition) is 2. The van der Waals surface area contributed by atoms with Gasteiger partial charge in [-0.05, 0) is 32.1 Å². The van der Waals surface area contributed by atoms with E-state index in [1.807, 2.05) is 11.7 Å². The molecule has 1 atom stereocenters. The van der Waals surface area contributed by atoms with Crippen molar-refractivity contribution in [3.63, 3.8) is 0 Å². The van der Waals surface area contributed by atoms with Gasteiger partial charge in [-0.1, -0.05) is 19.3 Å². The van der Waals surface area contributed by atoms with E-state index in [4.69, 9.17) is 0 Å². The largest absolute Gasteiger partial charge is 0.354 e. The summed E-state index contributed by atoms with van der Waals surface area (Å²) in [4.78, 5) is 12.0. The fourth-order valence-electron chi connectivity index (χ4n) is 3.83. The third-order valence-corrected chi connectivity index (χ3v) is 4.97. The number of nitrogens with zero attached hydrogens (tertiary/aromatic N) is 2. The number of hydrogen-bond acceptors (Lipinski definition) is 3. The number of aromatic nitrogens is 2. The van der Waals surface area contributed by atoms with Gasteiger partial charge in [0.15, 0.2) is 5.69 Å². The molecule has 0 radical (unpaired) electrons. The predicted octanol–water partition coefficient (Wildman–Crippen LogP) is 1.56. The Labute approximate surface area is 126 Å². The van der Waals surface area contributed by atoms with Gasteiger partial charge in [0.05, 0.1) is 0 Å². The Morgan fingerprint density at radius 2 is 1.95 bits per heavy atom. The molecule has 1 saturated carbocycles. The minimum Gasteiger partial charge on any atom is -0.354 e. The Bertz CT molecular complexity index is 517. The van der Waals surface area contributed by atoms with Gasteiger partial charge in [0.25, 0.3) is 5.91 Å². The van der Waals surface area contributed by atoms with Gasteiger partial charge in [0.2, 0.25) is 0 Å². The normalized spacial score (nSPS) is 22.9. The van der Waals surface area contributed by atoms with Crippen LogP contribution in [0.2, 0.25) is 0 Å². The maximum atomic E-state index is 12.0. The highest BCUT2D eigenvalue weighted by atomic mass is 16.1. The van der Waals surface area contributed by atoms with Crippen molar-refractivity contribution in [3.05, 3.63) is 17.0 Å². The molecular formula is C16H26N4O. The van der Waals surface area contributed by atoms with E-state index in [0.717, 1.165) is 24.8 Å². The van der Waals surface area contributed by atoms with Crippen LogP contribution < -0.4 is 10.6 Å². The first-order valence-electron chi connectivity index (χ1n) is 8.22. The van der Waals surface area contributed by atoms with Crippen LogP contribution in [-0.2, 0) is 19.9 Å². The molecule has 5 heteroatoms. The zero-order valence-corrected chi connectivity index (χ0v) is 13.1. The Kier molecular flexibility index (Phi) is 4.29. The SMILES string of the molecule is CNC(=O)c1nn(C)c2c1CC(NC1CCCCC1)CC2. The van der Waals surface area contributed by atoms with E-state index in [1.54, 1.807) is 7.05 Å². The van der Waals surface area contributed by atoms with Crippen LogP contribution in [0.25, 0.3) is 0 Å². The van der Waals surface area contributed by atoms with Crippen molar-refractivity contribution in [2.75, 3.05) is 7.05 Å². The molecule has 1 heterocycles. The number of aryl methyl sites for hydroxylation is 1. The molecule has 1 unspecified atom stereocenters. The van der Waals surface area contributed by atoms with Crippen LogP contribution in [0.4, 0.5) is 0 Å². The summed E-state index contributed by atoms with van der Waals surface area (Å²) in [6, 6.07) is 1.17. The second kappa shape index (κ2) is 6.18. The van der Waals surface area contributed by atoms with E-state index in [2.05, 4.69) is 15.7 Å². The van der Waals surface area contributed by atoms with E-state index < -0.39 is 0 Å². The molecule has 116 valence electrons. The van der Waals surface area contributed by atoms with Crippen molar-refractivity contribution in [2.24, 2.45) is 7.05 Å². The summed E-state index contributed by atoms with van der Waals surface area (Å²) in [5.74, 6) is -0.0647. The number of carbonyl (C=O) groups excluding carboxylic acids is 1. The van der Waals surface area contributed by atoms with E-state index in [1.165, 1.54) is 37.8 Å². The molecule has 1 fully saturated rings. The fraction of sp³-hybridized carbons (Fsp3) is 0.750. The highest BCUT2D eigenvalue weighted by Gasteiger charge is 2.29. The van der Waals surface area contributed by atoms with E-state index in [9.17, 15) is 4.79 Å². The van der Waals surface area contributed by atoms with Crippen molar-refractivity contribution in [1.29, 1.82) is 0 Å². The Balaban J connectivity index is 1.73. The van der Waals surface area contributed by atoms with Crippen LogP contribution in [-0.4, -0.2) is 34.8 Å². The molecule has 2 aliphatic rings. The van der Waals surface area contributed by atoms with Gasteiger partial charge in [0, 0.05) is 37.4 Å². The van der Waals surface area contributed by atoms with Crippen LogP contribution in [0.15, 0.2) is 0 Å². The molecule has 1 aromatic heterocycles. The minimum absolute atomic E-state index is 0.0647. The molecule has 1 aromatic rings. The summed E-state index contributed by atoms with van der Waals surface area (Å²) < 4.78 is 1.89. The Hall–Kier alpha value is -1.36. The molecule has 3 rings (SSSR count). The maximum Gasteiger partial charge on any atom is 0.271 e. The van der Waals surface area contributed by atoms with E-state index >= 15 is 0 Å². The summed E-state index contributed by atoms with van der Waals surface area (Å²) in [5.41, 5.74) is 3.00. The zero-order valence-electron chi connectivity index (χ0n) is 13.1. The van der Waals surface area contributed by atoms with E-state index in [-0.39, 0.29) is 5.91 Å². The lowest BCUT2D eigenvalue weighted by Crippen LogP contribution is -2.42. The maximum absolute atomic E-state index is 12.0. The summed E-state index contributed by atoms with van der Waals surface area (Å²) in [5, 5.41) is 11.0. The lowest BCUT2D eigenvalue weighted by molar-refractivity contribution is 0.0956. The third-order valence-electron chi connectivity index (χ3n) is 4.97. The number of rotatable bonds is 3. The predicted molar refractivity (Wildman–Crippen MR) is 82.4 cm³/mol. The van der Waals surface area contributed by atoms with Crippen molar-refractivity contribution >= 4 is 5.91 Å². The number of carbonyl (C=O) groups is 1. The molecule has 0 saturated heterocycles. The molecule has 2 aliphatic carbocycles. The van der Waals surface area contributed by atoms with Gasteiger partial charge in [-0.2, -0.15) is 5.10 Å². The Morgan fingerprint density at radius 1 is 1.19 bits per heavy atom. The monoisotopic (exact) mass is 290 g/mol. The first-order chi connectivity index (χ1) is 10.2. The second-order valence-corrected chi connectivity index (χ2v) is 6.42. The van der Waals surface area contributed by atoms with Gasteiger partial charge in [-0.15, -0.1) is 0 Å². The van der Waals surface area contributed by atoms with Crippen molar-refractivity contribution in [2.45, 2.75) is 63.5 Å². The molecular weight excluding hydrogens is 264 g/mol. The average Bonchev–Trinajstić information content (AvgIpc) is 2.84. The van der Waals surface area contributed by atoms with Gasteiger partial charge < -0.3 is 10.6 Å². The molecule has 1 amide bonds. The van der Waals surface area contributed by atoms with E-state index in [0.29, 0.717) is 17.8 Å². The average molecular weight is 290 g/mol. The number of amides is 1. The van der Waals surface area contributed by atoms with Crippen LogP contribution in [0.1, 0.15) is 60.3 Å². The van der Waals surface area contributed by atoms with Gasteiger partial charge in [-0.3, -0.25) is 9.48 Å². The first-order valence-corrected chi connectivity index (χ1v) is 8.22. The smallest absolute Gasteiger partial charge is 0.271 e. The highest BCUT2D eigenvalue weighted by Crippen LogP contribution is 2.26. The standard InChI is InChI=1S/C16H26N4O/c1-17-16(21)15-13-10-12(8-9-14(13)20(2)19-15)18-11-6-4-3-5-7-11/h11-12,18H,3-10H2,1-2H3,(H,17,21). The quantitative estimate of drug-likeness (QED) is 0.888. The third kappa shape index (κ3) is 2.98.